The fourth-order valence-electron chi connectivity index (χ4n) is 0.923. The summed E-state index contributed by atoms with van der Waals surface area (Å²) in [6, 6.07) is 1.87. The second kappa shape index (κ2) is 5.29. The lowest BCUT2D eigenvalue weighted by molar-refractivity contribution is 0.105. The molecule has 4 nitrogen and oxygen atoms in total. The molecular formula is C9H13BrN2O2. The van der Waals surface area contributed by atoms with Crippen LogP contribution in [0.2, 0.25) is 0 Å². The summed E-state index contributed by atoms with van der Waals surface area (Å²) in [5.41, 5.74) is 1.07. The lowest BCUT2D eigenvalue weighted by atomic mass is 10.3. The molecule has 5 heteroatoms. The Bertz CT molecular complexity index is 307. The molecule has 1 aromatic rings. The number of pyridine rings is 1. The van der Waals surface area contributed by atoms with E-state index in [2.05, 4.69) is 26.2 Å². The van der Waals surface area contributed by atoms with Gasteiger partial charge in [0.05, 0.1) is 12.7 Å². The number of anilines is 1. The highest BCUT2D eigenvalue weighted by atomic mass is 79.9. The van der Waals surface area contributed by atoms with Gasteiger partial charge in [-0.1, -0.05) is 0 Å². The number of halogens is 1. The molecule has 1 aromatic heterocycles. The van der Waals surface area contributed by atoms with E-state index in [1.807, 2.05) is 13.0 Å². The molecule has 0 aliphatic carbocycles. The molecule has 14 heavy (non-hydrogen) atoms. The van der Waals surface area contributed by atoms with Gasteiger partial charge >= 0.3 is 0 Å². The second-order valence-electron chi connectivity index (χ2n) is 3.04. The Balaban J connectivity index is 2.55. The zero-order valence-corrected chi connectivity index (χ0v) is 9.45. The fourth-order valence-corrected chi connectivity index (χ4v) is 1.14. The summed E-state index contributed by atoms with van der Waals surface area (Å²) in [7, 11) is 0. The molecule has 1 atom stereocenters. The highest BCUT2D eigenvalue weighted by Crippen LogP contribution is 2.16. The molecule has 0 aromatic carbocycles. The summed E-state index contributed by atoms with van der Waals surface area (Å²) in [4.78, 5) is 4.09. The lowest BCUT2D eigenvalue weighted by Crippen LogP contribution is -2.23. The van der Waals surface area contributed by atoms with Gasteiger partial charge in [0.1, 0.15) is 5.82 Å². The third-order valence-corrected chi connectivity index (χ3v) is 2.61. The summed E-state index contributed by atoms with van der Waals surface area (Å²) in [5, 5.41) is 20.6. The van der Waals surface area contributed by atoms with Gasteiger partial charge in [-0.15, -0.1) is 0 Å². The molecule has 78 valence electrons. The SMILES string of the molecule is Cc1cc(NC[C@H](O)CO)ncc1Br. The number of aromatic nitrogens is 1. The number of nitrogens with zero attached hydrogens (tertiary/aromatic N) is 1. The van der Waals surface area contributed by atoms with Crippen molar-refractivity contribution in [3.63, 3.8) is 0 Å². The van der Waals surface area contributed by atoms with Gasteiger partial charge in [-0.2, -0.15) is 0 Å². The molecule has 0 fully saturated rings. The lowest BCUT2D eigenvalue weighted by Gasteiger charge is -2.10. The van der Waals surface area contributed by atoms with E-state index < -0.39 is 6.10 Å². The molecule has 1 rings (SSSR count). The van der Waals surface area contributed by atoms with Crippen LogP contribution >= 0.6 is 15.9 Å². The van der Waals surface area contributed by atoms with Crippen LogP contribution in [0.15, 0.2) is 16.7 Å². The van der Waals surface area contributed by atoms with Crippen LogP contribution in [0, 0.1) is 6.92 Å². The Hall–Kier alpha value is -0.650. The average Bonchev–Trinajstić information content (AvgIpc) is 2.19. The minimum Gasteiger partial charge on any atom is -0.394 e. The molecule has 0 unspecified atom stereocenters. The minimum atomic E-state index is -0.749. The highest BCUT2D eigenvalue weighted by Gasteiger charge is 2.02. The Morgan fingerprint density at radius 3 is 2.93 bits per heavy atom. The van der Waals surface area contributed by atoms with Gasteiger partial charge in [-0.05, 0) is 34.5 Å². The average molecular weight is 261 g/mol. The first-order valence-corrected chi connectivity index (χ1v) is 5.07. The van der Waals surface area contributed by atoms with Gasteiger partial charge in [0.25, 0.3) is 0 Å². The fraction of sp³-hybridized carbons (Fsp3) is 0.444. The van der Waals surface area contributed by atoms with Crippen LogP contribution in [0.3, 0.4) is 0 Å². The van der Waals surface area contributed by atoms with E-state index in [0.717, 1.165) is 10.0 Å². The number of hydrogen-bond donors (Lipinski definition) is 3. The monoisotopic (exact) mass is 260 g/mol. The summed E-state index contributed by atoms with van der Waals surface area (Å²) >= 11 is 3.34. The van der Waals surface area contributed by atoms with Crippen molar-refractivity contribution in [1.29, 1.82) is 0 Å². The van der Waals surface area contributed by atoms with Crippen molar-refractivity contribution in [2.45, 2.75) is 13.0 Å². The third kappa shape index (κ3) is 3.25. The van der Waals surface area contributed by atoms with Crippen molar-refractivity contribution in [1.82, 2.24) is 4.98 Å². The van der Waals surface area contributed by atoms with Crippen LogP contribution in [-0.4, -0.2) is 34.5 Å². The van der Waals surface area contributed by atoms with E-state index in [0.29, 0.717) is 12.4 Å². The van der Waals surface area contributed by atoms with Crippen LogP contribution < -0.4 is 5.32 Å². The maximum atomic E-state index is 9.09. The summed E-state index contributed by atoms with van der Waals surface area (Å²) in [6.45, 7) is 2.01. The summed E-state index contributed by atoms with van der Waals surface area (Å²) < 4.78 is 0.950. The smallest absolute Gasteiger partial charge is 0.126 e. The molecule has 0 bridgehead atoms. The molecule has 0 radical (unpaired) electrons. The molecule has 3 N–H and O–H groups in total. The number of aliphatic hydroxyl groups is 2. The van der Waals surface area contributed by atoms with E-state index in [9.17, 15) is 0 Å². The zero-order valence-electron chi connectivity index (χ0n) is 7.87. The Morgan fingerprint density at radius 2 is 2.36 bits per heavy atom. The molecule has 0 aliphatic rings. The molecule has 1 heterocycles. The van der Waals surface area contributed by atoms with Crippen molar-refractivity contribution in [2.24, 2.45) is 0 Å². The van der Waals surface area contributed by atoms with Crippen molar-refractivity contribution >= 4 is 21.7 Å². The van der Waals surface area contributed by atoms with Crippen molar-refractivity contribution < 1.29 is 10.2 Å². The molecule has 0 spiro atoms. The van der Waals surface area contributed by atoms with E-state index >= 15 is 0 Å². The van der Waals surface area contributed by atoms with Crippen LogP contribution in [0.5, 0.6) is 0 Å². The van der Waals surface area contributed by atoms with E-state index in [4.69, 9.17) is 10.2 Å². The zero-order chi connectivity index (χ0) is 10.6. The Morgan fingerprint density at radius 1 is 1.64 bits per heavy atom. The van der Waals surface area contributed by atoms with Crippen LogP contribution in [0.1, 0.15) is 5.56 Å². The number of aryl methyl sites for hydroxylation is 1. The van der Waals surface area contributed by atoms with Crippen molar-refractivity contribution in [3.05, 3.63) is 22.3 Å². The maximum Gasteiger partial charge on any atom is 0.126 e. The topological polar surface area (TPSA) is 65.4 Å². The molecule has 0 amide bonds. The third-order valence-electron chi connectivity index (χ3n) is 1.78. The van der Waals surface area contributed by atoms with Crippen LogP contribution in [0.4, 0.5) is 5.82 Å². The Labute approximate surface area is 91.1 Å². The summed E-state index contributed by atoms with van der Waals surface area (Å²) in [5.74, 6) is 0.693. The van der Waals surface area contributed by atoms with Gasteiger partial charge in [-0.3, -0.25) is 0 Å². The minimum absolute atomic E-state index is 0.248. The first-order valence-electron chi connectivity index (χ1n) is 4.28. The van der Waals surface area contributed by atoms with Gasteiger partial charge in [0, 0.05) is 17.2 Å². The quantitative estimate of drug-likeness (QED) is 0.754. The van der Waals surface area contributed by atoms with E-state index in [1.165, 1.54) is 0 Å². The largest absolute Gasteiger partial charge is 0.394 e. The molecule has 0 saturated heterocycles. The van der Waals surface area contributed by atoms with Gasteiger partial charge < -0.3 is 15.5 Å². The van der Waals surface area contributed by atoms with Crippen LogP contribution in [0.25, 0.3) is 0 Å². The predicted octanol–water partition coefficient (Wildman–Crippen LogP) is 0.918. The first-order chi connectivity index (χ1) is 6.63. The predicted molar refractivity (Wildman–Crippen MR) is 58.3 cm³/mol. The normalized spacial score (nSPS) is 12.6. The first kappa shape index (κ1) is 11.4. The number of aliphatic hydroxyl groups excluding tert-OH is 2. The van der Waals surface area contributed by atoms with Crippen molar-refractivity contribution in [3.8, 4) is 0 Å². The van der Waals surface area contributed by atoms with Gasteiger partial charge in [0.15, 0.2) is 0 Å². The van der Waals surface area contributed by atoms with Crippen LogP contribution in [-0.2, 0) is 0 Å². The molecule has 0 saturated carbocycles. The molecule has 0 aliphatic heterocycles. The number of nitrogens with one attached hydrogen (secondary N) is 1. The number of rotatable bonds is 4. The van der Waals surface area contributed by atoms with Crippen molar-refractivity contribution in [2.75, 3.05) is 18.5 Å². The summed E-state index contributed by atoms with van der Waals surface area (Å²) in [6.07, 6.45) is 0.948. The van der Waals surface area contributed by atoms with Gasteiger partial charge in [-0.25, -0.2) is 4.98 Å². The standard InChI is InChI=1S/C9H13BrN2O2/c1-6-2-9(12-4-8(6)10)11-3-7(14)5-13/h2,4,7,13-14H,3,5H2,1H3,(H,11,12)/t7-/m0/s1. The van der Waals surface area contributed by atoms with E-state index in [1.54, 1.807) is 6.20 Å². The number of hydrogen-bond acceptors (Lipinski definition) is 4. The Kier molecular flexibility index (Phi) is 4.31. The van der Waals surface area contributed by atoms with Gasteiger partial charge in [0.2, 0.25) is 0 Å². The maximum absolute atomic E-state index is 9.09. The second-order valence-corrected chi connectivity index (χ2v) is 3.89. The highest BCUT2D eigenvalue weighted by molar-refractivity contribution is 9.10. The molecular weight excluding hydrogens is 248 g/mol. The van der Waals surface area contributed by atoms with E-state index in [-0.39, 0.29) is 6.61 Å².